The third-order valence-electron chi connectivity index (χ3n) is 3.59. The van der Waals surface area contributed by atoms with E-state index in [0.29, 0.717) is 19.1 Å². The van der Waals surface area contributed by atoms with Crippen LogP contribution in [0.2, 0.25) is 0 Å². The second kappa shape index (κ2) is 6.22. The van der Waals surface area contributed by atoms with Gasteiger partial charge in [-0.15, -0.1) is 0 Å². The summed E-state index contributed by atoms with van der Waals surface area (Å²) in [6.07, 6.45) is 1.82. The molecule has 1 aromatic heterocycles. The molecular formula is C17H21N3O2. The minimum Gasteiger partial charge on any atom is -0.486 e. The van der Waals surface area contributed by atoms with Crippen LogP contribution >= 0.6 is 0 Å². The van der Waals surface area contributed by atoms with E-state index < -0.39 is 0 Å². The summed E-state index contributed by atoms with van der Waals surface area (Å²) in [6, 6.07) is 8.01. The summed E-state index contributed by atoms with van der Waals surface area (Å²) < 4.78 is 11.2. The lowest BCUT2D eigenvalue weighted by atomic mass is 10.2. The van der Waals surface area contributed by atoms with Gasteiger partial charge in [-0.2, -0.15) is 0 Å². The molecule has 0 saturated carbocycles. The second-order valence-electron chi connectivity index (χ2n) is 5.76. The molecule has 0 bridgehead atoms. The van der Waals surface area contributed by atoms with Crippen molar-refractivity contribution in [2.24, 2.45) is 0 Å². The van der Waals surface area contributed by atoms with Gasteiger partial charge < -0.3 is 14.4 Å². The number of hydrogen-bond donors (Lipinski definition) is 0. The Morgan fingerprint density at radius 2 is 1.91 bits per heavy atom. The predicted octanol–water partition coefficient (Wildman–Crippen LogP) is 3.01. The van der Waals surface area contributed by atoms with Crippen LogP contribution in [0.25, 0.3) is 0 Å². The van der Waals surface area contributed by atoms with Gasteiger partial charge >= 0.3 is 0 Å². The van der Waals surface area contributed by atoms with Crippen molar-refractivity contribution in [3.05, 3.63) is 41.9 Å². The summed E-state index contributed by atoms with van der Waals surface area (Å²) in [5.74, 6) is 3.76. The first-order valence-electron chi connectivity index (χ1n) is 7.56. The van der Waals surface area contributed by atoms with E-state index in [9.17, 15) is 0 Å². The first-order chi connectivity index (χ1) is 10.6. The van der Waals surface area contributed by atoms with Crippen LogP contribution in [0.5, 0.6) is 11.5 Å². The monoisotopic (exact) mass is 299 g/mol. The van der Waals surface area contributed by atoms with Crippen LogP contribution in [-0.4, -0.2) is 30.2 Å². The normalized spacial score (nSPS) is 13.3. The van der Waals surface area contributed by atoms with E-state index in [2.05, 4.69) is 34.8 Å². The van der Waals surface area contributed by atoms with Gasteiger partial charge in [-0.3, -0.25) is 0 Å². The maximum Gasteiger partial charge on any atom is 0.161 e. The molecule has 2 aromatic rings. The van der Waals surface area contributed by atoms with Crippen LogP contribution in [0, 0.1) is 0 Å². The van der Waals surface area contributed by atoms with E-state index in [-0.39, 0.29) is 0 Å². The summed E-state index contributed by atoms with van der Waals surface area (Å²) in [6.45, 7) is 6.17. The van der Waals surface area contributed by atoms with Crippen molar-refractivity contribution in [2.75, 3.05) is 25.2 Å². The fourth-order valence-corrected chi connectivity index (χ4v) is 2.40. The number of anilines is 1. The highest BCUT2D eigenvalue weighted by Crippen LogP contribution is 2.31. The van der Waals surface area contributed by atoms with Gasteiger partial charge in [0, 0.05) is 25.7 Å². The van der Waals surface area contributed by atoms with Crippen LogP contribution in [-0.2, 0) is 6.54 Å². The molecule has 0 spiro atoms. The highest BCUT2D eigenvalue weighted by atomic mass is 16.6. The molecule has 1 aromatic carbocycles. The van der Waals surface area contributed by atoms with E-state index in [1.165, 1.54) is 0 Å². The van der Waals surface area contributed by atoms with Crippen LogP contribution in [0.15, 0.2) is 30.5 Å². The zero-order valence-electron chi connectivity index (χ0n) is 13.2. The SMILES string of the molecule is CC(C)c1nccc(N(C)Cc2ccc3c(c2)OCCO3)n1. The molecule has 0 atom stereocenters. The van der Waals surface area contributed by atoms with Crippen molar-refractivity contribution in [1.29, 1.82) is 0 Å². The third-order valence-corrected chi connectivity index (χ3v) is 3.59. The van der Waals surface area contributed by atoms with Crippen molar-refractivity contribution in [3.63, 3.8) is 0 Å². The Morgan fingerprint density at radius 1 is 1.14 bits per heavy atom. The number of nitrogens with zero attached hydrogens (tertiary/aromatic N) is 3. The molecule has 22 heavy (non-hydrogen) atoms. The average molecular weight is 299 g/mol. The van der Waals surface area contributed by atoms with Gasteiger partial charge in [-0.05, 0) is 23.8 Å². The highest BCUT2D eigenvalue weighted by Gasteiger charge is 2.13. The first kappa shape index (κ1) is 14.6. The Hall–Kier alpha value is -2.30. The molecular weight excluding hydrogens is 278 g/mol. The molecule has 116 valence electrons. The zero-order chi connectivity index (χ0) is 15.5. The largest absolute Gasteiger partial charge is 0.486 e. The number of aromatic nitrogens is 2. The fourth-order valence-electron chi connectivity index (χ4n) is 2.40. The molecule has 5 nitrogen and oxygen atoms in total. The lowest BCUT2D eigenvalue weighted by molar-refractivity contribution is 0.171. The fraction of sp³-hybridized carbons (Fsp3) is 0.412. The molecule has 0 radical (unpaired) electrons. The number of benzene rings is 1. The molecule has 5 heteroatoms. The molecule has 0 unspecified atom stereocenters. The van der Waals surface area contributed by atoms with Gasteiger partial charge in [0.05, 0.1) is 0 Å². The van der Waals surface area contributed by atoms with Gasteiger partial charge in [-0.25, -0.2) is 9.97 Å². The number of hydrogen-bond acceptors (Lipinski definition) is 5. The van der Waals surface area contributed by atoms with Gasteiger partial charge in [0.1, 0.15) is 24.9 Å². The maximum absolute atomic E-state index is 5.63. The highest BCUT2D eigenvalue weighted by molar-refractivity contribution is 5.45. The molecule has 3 rings (SSSR count). The molecule has 1 aliphatic heterocycles. The topological polar surface area (TPSA) is 47.5 Å². The lowest BCUT2D eigenvalue weighted by Gasteiger charge is -2.22. The van der Waals surface area contributed by atoms with E-state index >= 15 is 0 Å². The summed E-state index contributed by atoms with van der Waals surface area (Å²) in [7, 11) is 2.03. The molecule has 1 aliphatic rings. The first-order valence-corrected chi connectivity index (χ1v) is 7.56. The van der Waals surface area contributed by atoms with Crippen molar-refractivity contribution in [2.45, 2.75) is 26.3 Å². The third kappa shape index (κ3) is 3.13. The maximum atomic E-state index is 5.63. The minimum atomic E-state index is 0.322. The van der Waals surface area contributed by atoms with Gasteiger partial charge in [0.25, 0.3) is 0 Å². The molecule has 0 saturated heterocycles. The van der Waals surface area contributed by atoms with E-state index in [0.717, 1.165) is 35.2 Å². The van der Waals surface area contributed by atoms with Gasteiger partial charge in [0.2, 0.25) is 0 Å². The Morgan fingerprint density at radius 3 is 2.68 bits per heavy atom. The Bertz CT molecular complexity index is 658. The summed E-state index contributed by atoms with van der Waals surface area (Å²) in [5, 5.41) is 0. The van der Waals surface area contributed by atoms with E-state index in [1.54, 1.807) is 0 Å². The van der Waals surface area contributed by atoms with Crippen LogP contribution in [0.3, 0.4) is 0 Å². The summed E-state index contributed by atoms with van der Waals surface area (Å²) in [5.41, 5.74) is 1.16. The Labute approximate surface area is 130 Å². The predicted molar refractivity (Wildman–Crippen MR) is 85.7 cm³/mol. The molecule has 0 aliphatic carbocycles. The number of ether oxygens (including phenoxy) is 2. The Balaban J connectivity index is 1.76. The van der Waals surface area contributed by atoms with Crippen LogP contribution in [0.1, 0.15) is 31.2 Å². The van der Waals surface area contributed by atoms with E-state index in [1.807, 2.05) is 31.4 Å². The number of fused-ring (bicyclic) bond motifs is 1. The van der Waals surface area contributed by atoms with Crippen LogP contribution in [0.4, 0.5) is 5.82 Å². The van der Waals surface area contributed by atoms with Crippen molar-refractivity contribution < 1.29 is 9.47 Å². The van der Waals surface area contributed by atoms with Crippen molar-refractivity contribution in [1.82, 2.24) is 9.97 Å². The minimum absolute atomic E-state index is 0.322. The van der Waals surface area contributed by atoms with Gasteiger partial charge in [-0.1, -0.05) is 19.9 Å². The standard InChI is InChI=1S/C17H21N3O2/c1-12(2)17-18-7-6-16(19-17)20(3)11-13-4-5-14-15(10-13)22-9-8-21-14/h4-7,10,12H,8-9,11H2,1-3H3. The molecule has 0 N–H and O–H groups in total. The smallest absolute Gasteiger partial charge is 0.161 e. The Kier molecular flexibility index (Phi) is 4.13. The van der Waals surface area contributed by atoms with E-state index in [4.69, 9.17) is 9.47 Å². The molecule has 2 heterocycles. The number of rotatable bonds is 4. The molecule has 0 amide bonds. The van der Waals surface area contributed by atoms with Gasteiger partial charge in [0.15, 0.2) is 11.5 Å². The average Bonchev–Trinajstić information content (AvgIpc) is 2.55. The lowest BCUT2D eigenvalue weighted by Crippen LogP contribution is -2.19. The summed E-state index contributed by atoms with van der Waals surface area (Å²) in [4.78, 5) is 11.0. The van der Waals surface area contributed by atoms with Crippen LogP contribution < -0.4 is 14.4 Å². The quantitative estimate of drug-likeness (QED) is 0.868. The second-order valence-corrected chi connectivity index (χ2v) is 5.76. The van der Waals surface area contributed by atoms with Crippen molar-refractivity contribution >= 4 is 5.82 Å². The zero-order valence-corrected chi connectivity index (χ0v) is 13.2. The summed E-state index contributed by atoms with van der Waals surface area (Å²) >= 11 is 0. The molecule has 0 fully saturated rings. The van der Waals surface area contributed by atoms with Crippen molar-refractivity contribution in [3.8, 4) is 11.5 Å².